The average Bonchev–Trinajstić information content (AvgIpc) is 2.21. The van der Waals surface area contributed by atoms with E-state index in [2.05, 4.69) is 26.5 Å². The maximum absolute atomic E-state index is 4.48. The van der Waals surface area contributed by atoms with Gasteiger partial charge in [-0.25, -0.2) is 0 Å². The Labute approximate surface area is 103 Å². The molecule has 0 bridgehead atoms. The maximum atomic E-state index is 4.48. The van der Waals surface area contributed by atoms with E-state index in [4.69, 9.17) is 0 Å². The van der Waals surface area contributed by atoms with Crippen LogP contribution in [0.5, 0.6) is 0 Å². The number of rotatable bonds is 9. The quantitative estimate of drug-likeness (QED) is 0.605. The van der Waals surface area contributed by atoms with Crippen molar-refractivity contribution in [3.05, 3.63) is 0 Å². The highest BCUT2D eigenvalue weighted by atomic mass is 35.5. The van der Waals surface area contributed by atoms with Crippen molar-refractivity contribution in [2.24, 2.45) is 0 Å². The summed E-state index contributed by atoms with van der Waals surface area (Å²) >= 11 is 0. The van der Waals surface area contributed by atoms with E-state index in [-0.39, 0.29) is 12.4 Å². The predicted octanol–water partition coefficient (Wildman–Crippen LogP) is 0.542. The van der Waals surface area contributed by atoms with Crippen molar-refractivity contribution >= 4 is 0 Å². The first-order valence-electron chi connectivity index (χ1n) is 6.54. The Morgan fingerprint density at radius 3 is 1.20 bits per heavy atom. The fourth-order valence-electron chi connectivity index (χ4n) is 2.03. The molecule has 0 spiro atoms. The molecule has 0 aromatic heterocycles. The fraction of sp³-hybridized carbons (Fsp3) is 1.00. The molecule has 0 rings (SSSR count). The van der Waals surface area contributed by atoms with Crippen molar-refractivity contribution in [3.63, 3.8) is 0 Å². The lowest BCUT2D eigenvalue weighted by atomic mass is 9.84. The summed E-state index contributed by atoms with van der Waals surface area (Å²) in [5.74, 6) is 0. The third-order valence-corrected chi connectivity index (χ3v) is 3.18. The summed E-state index contributed by atoms with van der Waals surface area (Å²) in [6.45, 7) is 6.83. The van der Waals surface area contributed by atoms with Gasteiger partial charge in [0, 0.05) is 19.3 Å². The summed E-state index contributed by atoms with van der Waals surface area (Å²) in [5, 5.41) is 0. The second kappa shape index (κ2) is 10.8. The van der Waals surface area contributed by atoms with Crippen LogP contribution in [0.3, 0.4) is 0 Å². The van der Waals surface area contributed by atoms with Crippen LogP contribution >= 0.6 is 0 Å². The number of halogens is 1. The minimum Gasteiger partial charge on any atom is -1.00 e. The SMILES string of the molecule is CCCCC([NH3+])(CCCC)CCCC.[Cl-]. The van der Waals surface area contributed by atoms with Gasteiger partial charge in [-0.2, -0.15) is 0 Å². The van der Waals surface area contributed by atoms with E-state index in [1.807, 2.05) is 0 Å². The number of hydrogen-bond donors (Lipinski definition) is 1. The van der Waals surface area contributed by atoms with E-state index in [9.17, 15) is 0 Å². The molecule has 0 aromatic rings. The summed E-state index contributed by atoms with van der Waals surface area (Å²) in [5.41, 5.74) is 4.89. The Kier molecular flexibility index (Phi) is 12.6. The largest absolute Gasteiger partial charge is 1.00 e. The molecule has 15 heavy (non-hydrogen) atoms. The first-order valence-corrected chi connectivity index (χ1v) is 6.54. The molecular weight excluding hydrogens is 206 g/mol. The van der Waals surface area contributed by atoms with Crippen LogP contribution in [-0.4, -0.2) is 5.54 Å². The molecule has 0 heterocycles. The molecule has 0 fully saturated rings. The van der Waals surface area contributed by atoms with E-state index in [0.717, 1.165) is 0 Å². The van der Waals surface area contributed by atoms with Crippen LogP contribution in [0, 0.1) is 0 Å². The Morgan fingerprint density at radius 2 is 1.00 bits per heavy atom. The standard InChI is InChI=1S/C13H29N.ClH/c1-4-7-10-13(14,11-8-5-2)12-9-6-3;/h4-12,14H2,1-3H3;1H. The normalized spacial score (nSPS) is 11.2. The van der Waals surface area contributed by atoms with Crippen molar-refractivity contribution in [2.75, 3.05) is 0 Å². The highest BCUT2D eigenvalue weighted by Gasteiger charge is 2.26. The van der Waals surface area contributed by atoms with Crippen molar-refractivity contribution in [2.45, 2.75) is 84.1 Å². The van der Waals surface area contributed by atoms with Gasteiger partial charge in [0.1, 0.15) is 0 Å². The third-order valence-electron chi connectivity index (χ3n) is 3.18. The van der Waals surface area contributed by atoms with Gasteiger partial charge in [0.25, 0.3) is 0 Å². The smallest absolute Gasteiger partial charge is 0.0945 e. The second-order valence-electron chi connectivity index (χ2n) is 4.81. The minimum atomic E-state index is 0. The molecule has 0 saturated heterocycles. The summed E-state index contributed by atoms with van der Waals surface area (Å²) in [4.78, 5) is 0. The topological polar surface area (TPSA) is 27.6 Å². The molecule has 0 saturated carbocycles. The Hall–Kier alpha value is 0.250. The lowest BCUT2D eigenvalue weighted by molar-refractivity contribution is -0.484. The lowest BCUT2D eigenvalue weighted by Crippen LogP contribution is -3.00. The van der Waals surface area contributed by atoms with Gasteiger partial charge in [0.05, 0.1) is 5.54 Å². The summed E-state index contributed by atoms with van der Waals surface area (Å²) in [6, 6.07) is 0. The van der Waals surface area contributed by atoms with Gasteiger partial charge in [-0.15, -0.1) is 0 Å². The van der Waals surface area contributed by atoms with E-state index < -0.39 is 0 Å². The van der Waals surface area contributed by atoms with Crippen LogP contribution in [-0.2, 0) is 0 Å². The molecule has 2 heteroatoms. The van der Waals surface area contributed by atoms with E-state index in [0.29, 0.717) is 5.54 Å². The second-order valence-corrected chi connectivity index (χ2v) is 4.81. The lowest BCUT2D eigenvalue weighted by Gasteiger charge is -2.25. The van der Waals surface area contributed by atoms with Gasteiger partial charge in [0.15, 0.2) is 0 Å². The molecule has 1 nitrogen and oxygen atoms in total. The predicted molar refractivity (Wildman–Crippen MR) is 64.2 cm³/mol. The van der Waals surface area contributed by atoms with E-state index in [1.54, 1.807) is 0 Å². The summed E-state index contributed by atoms with van der Waals surface area (Å²) < 4.78 is 0. The maximum Gasteiger partial charge on any atom is 0.0945 e. The number of unbranched alkanes of at least 4 members (excludes halogenated alkanes) is 3. The number of quaternary nitrogens is 1. The Morgan fingerprint density at radius 1 is 0.733 bits per heavy atom. The fourth-order valence-corrected chi connectivity index (χ4v) is 2.03. The minimum absolute atomic E-state index is 0. The van der Waals surface area contributed by atoms with Gasteiger partial charge in [0.2, 0.25) is 0 Å². The summed E-state index contributed by atoms with van der Waals surface area (Å²) in [7, 11) is 0. The van der Waals surface area contributed by atoms with Crippen LogP contribution in [0.4, 0.5) is 0 Å². The van der Waals surface area contributed by atoms with Gasteiger partial charge in [-0.05, 0) is 19.3 Å². The average molecular weight is 236 g/mol. The van der Waals surface area contributed by atoms with Crippen LogP contribution in [0.1, 0.15) is 78.6 Å². The van der Waals surface area contributed by atoms with Crippen molar-refractivity contribution in [1.29, 1.82) is 0 Å². The molecule has 0 amide bonds. The molecule has 0 aliphatic carbocycles. The Bertz CT molecular complexity index is 104. The van der Waals surface area contributed by atoms with Gasteiger partial charge in [-0.3, -0.25) is 0 Å². The zero-order valence-corrected chi connectivity index (χ0v) is 11.7. The highest BCUT2D eigenvalue weighted by molar-refractivity contribution is 4.76. The van der Waals surface area contributed by atoms with Crippen molar-refractivity contribution in [3.8, 4) is 0 Å². The van der Waals surface area contributed by atoms with E-state index in [1.165, 1.54) is 57.8 Å². The first kappa shape index (κ1) is 17.6. The van der Waals surface area contributed by atoms with Crippen LogP contribution in [0.25, 0.3) is 0 Å². The zero-order valence-electron chi connectivity index (χ0n) is 10.9. The molecule has 0 aliphatic heterocycles. The van der Waals surface area contributed by atoms with Crippen molar-refractivity contribution < 1.29 is 18.1 Å². The molecular formula is C13H30ClN. The van der Waals surface area contributed by atoms with Crippen LogP contribution in [0.2, 0.25) is 0 Å². The molecule has 94 valence electrons. The van der Waals surface area contributed by atoms with Crippen LogP contribution in [0.15, 0.2) is 0 Å². The Balaban J connectivity index is 0. The van der Waals surface area contributed by atoms with Crippen molar-refractivity contribution in [1.82, 2.24) is 0 Å². The number of hydrogen-bond acceptors (Lipinski definition) is 0. The third kappa shape index (κ3) is 9.19. The molecule has 3 N–H and O–H groups in total. The zero-order chi connectivity index (χ0) is 10.9. The van der Waals surface area contributed by atoms with Gasteiger partial charge in [-0.1, -0.05) is 40.0 Å². The monoisotopic (exact) mass is 235 g/mol. The van der Waals surface area contributed by atoms with E-state index >= 15 is 0 Å². The first-order chi connectivity index (χ1) is 6.68. The highest BCUT2D eigenvalue weighted by Crippen LogP contribution is 2.22. The molecule has 0 radical (unpaired) electrons. The van der Waals surface area contributed by atoms with Gasteiger partial charge >= 0.3 is 0 Å². The molecule has 0 unspecified atom stereocenters. The van der Waals surface area contributed by atoms with Gasteiger partial charge < -0.3 is 18.1 Å². The van der Waals surface area contributed by atoms with Crippen LogP contribution < -0.4 is 18.1 Å². The molecule has 0 atom stereocenters. The molecule has 0 aliphatic rings. The molecule has 0 aromatic carbocycles. The summed E-state index contributed by atoms with van der Waals surface area (Å²) in [6.07, 6.45) is 12.0.